The number of aromatic nitrogens is 3. The maximum absolute atomic E-state index is 6.14. The highest BCUT2D eigenvalue weighted by molar-refractivity contribution is 5.77. The minimum absolute atomic E-state index is 0.138. The summed E-state index contributed by atoms with van der Waals surface area (Å²) in [5.41, 5.74) is 8.98. The third kappa shape index (κ3) is 2.72. The molecule has 2 aliphatic heterocycles. The Bertz CT molecular complexity index is 1160. The minimum atomic E-state index is -0.856. The highest BCUT2D eigenvalue weighted by atomic mass is 16.5. The van der Waals surface area contributed by atoms with Crippen LogP contribution in [-0.2, 0) is 20.6 Å². The van der Waals surface area contributed by atoms with E-state index in [1.807, 2.05) is 38.1 Å². The van der Waals surface area contributed by atoms with Crippen molar-refractivity contribution in [2.75, 3.05) is 13.7 Å². The summed E-state index contributed by atoms with van der Waals surface area (Å²) in [5.74, 6) is 1.15. The first-order valence-corrected chi connectivity index (χ1v) is 9.55. The van der Waals surface area contributed by atoms with Gasteiger partial charge in [0.25, 0.3) is 6.02 Å². The van der Waals surface area contributed by atoms with Crippen molar-refractivity contribution in [3.05, 3.63) is 65.9 Å². The lowest BCUT2D eigenvalue weighted by Gasteiger charge is -2.34. The van der Waals surface area contributed by atoms with Crippen molar-refractivity contribution in [1.82, 2.24) is 15.0 Å². The lowest BCUT2D eigenvalue weighted by Crippen LogP contribution is -2.32. The Morgan fingerprint density at radius 1 is 1.07 bits per heavy atom. The van der Waals surface area contributed by atoms with Crippen LogP contribution in [0.25, 0.3) is 11.1 Å². The third-order valence-corrected chi connectivity index (χ3v) is 5.76. The van der Waals surface area contributed by atoms with Crippen molar-refractivity contribution in [3.8, 4) is 22.8 Å². The first-order chi connectivity index (χ1) is 14.4. The zero-order valence-corrected chi connectivity index (χ0v) is 16.9. The van der Waals surface area contributed by atoms with E-state index in [1.54, 1.807) is 25.7 Å². The summed E-state index contributed by atoms with van der Waals surface area (Å²) in [4.78, 5) is 17.5. The number of hydrogen-bond donors (Lipinski definition) is 1. The molecule has 0 amide bonds. The molecule has 152 valence electrons. The number of rotatable bonds is 3. The molecular formula is C22H21N5O3. The highest BCUT2D eigenvalue weighted by Gasteiger charge is 2.48. The predicted octanol–water partition coefficient (Wildman–Crippen LogP) is 3.11. The molecule has 8 nitrogen and oxygen atoms in total. The highest BCUT2D eigenvalue weighted by Crippen LogP contribution is 2.51. The summed E-state index contributed by atoms with van der Waals surface area (Å²) >= 11 is 0. The number of aliphatic imine (C=N–C) groups is 1. The molecule has 0 saturated carbocycles. The molecule has 2 aromatic heterocycles. The summed E-state index contributed by atoms with van der Waals surface area (Å²) in [7, 11) is 1.67. The number of hydrogen-bond acceptors (Lipinski definition) is 8. The number of fused-ring (bicyclic) bond motifs is 4. The summed E-state index contributed by atoms with van der Waals surface area (Å²) in [6.07, 6.45) is 6.80. The fraction of sp³-hybridized carbons (Fsp3) is 0.273. The number of nitrogens with zero attached hydrogens (tertiary/aromatic N) is 4. The molecule has 2 aliphatic rings. The van der Waals surface area contributed by atoms with Gasteiger partial charge in [-0.25, -0.2) is 19.9 Å². The van der Waals surface area contributed by atoms with E-state index in [0.29, 0.717) is 11.6 Å². The number of methoxy groups -OCH3 is 1. The Kier molecular flexibility index (Phi) is 4.01. The zero-order chi connectivity index (χ0) is 20.9. The van der Waals surface area contributed by atoms with Gasteiger partial charge in [-0.1, -0.05) is 6.07 Å². The largest absolute Gasteiger partial charge is 0.462 e. The second kappa shape index (κ2) is 6.50. The maximum Gasteiger partial charge on any atom is 0.283 e. The van der Waals surface area contributed by atoms with Gasteiger partial charge in [-0.2, -0.15) is 0 Å². The number of amidine groups is 1. The van der Waals surface area contributed by atoms with Crippen LogP contribution in [0, 0.1) is 0 Å². The number of nitrogens with two attached hydrogens (primary N) is 1. The van der Waals surface area contributed by atoms with Crippen LogP contribution < -0.4 is 10.5 Å². The average molecular weight is 403 g/mol. The summed E-state index contributed by atoms with van der Waals surface area (Å²) < 4.78 is 17.4. The van der Waals surface area contributed by atoms with Gasteiger partial charge in [-0.3, -0.25) is 0 Å². The van der Waals surface area contributed by atoms with E-state index in [1.165, 1.54) is 6.33 Å². The molecule has 3 aromatic rings. The van der Waals surface area contributed by atoms with Crippen LogP contribution in [0.1, 0.15) is 30.5 Å². The maximum atomic E-state index is 6.14. The van der Waals surface area contributed by atoms with Crippen molar-refractivity contribution in [2.45, 2.75) is 25.0 Å². The molecular weight excluding hydrogens is 382 g/mol. The molecule has 1 spiro atoms. The van der Waals surface area contributed by atoms with E-state index in [9.17, 15) is 0 Å². The standard InChI is InChI=1S/C22H21N5O3/c1-21(2,28-3)15-7-17-19(26-10-15)30-18-5-4-13(14-8-24-12-25-9-14)6-16(18)22(17)11-29-20(23)27-22/h4-10,12H,11H2,1-3H3,(H2,23,27)/t22-/m0/s1. The van der Waals surface area contributed by atoms with Crippen LogP contribution in [0.15, 0.2) is 54.2 Å². The molecule has 2 N–H and O–H groups in total. The lowest BCUT2D eigenvalue weighted by molar-refractivity contribution is 0.0187. The second-order valence-corrected chi connectivity index (χ2v) is 7.83. The van der Waals surface area contributed by atoms with Gasteiger partial charge in [0, 0.05) is 42.4 Å². The minimum Gasteiger partial charge on any atom is -0.462 e. The third-order valence-electron chi connectivity index (χ3n) is 5.76. The Labute approximate surface area is 173 Å². The Balaban J connectivity index is 1.73. The molecule has 0 aliphatic carbocycles. The Hall–Kier alpha value is -3.52. The molecule has 4 heterocycles. The predicted molar refractivity (Wildman–Crippen MR) is 110 cm³/mol. The van der Waals surface area contributed by atoms with Gasteiger partial charge in [-0.05, 0) is 37.6 Å². The quantitative estimate of drug-likeness (QED) is 0.716. The molecule has 0 unspecified atom stereocenters. The van der Waals surface area contributed by atoms with Gasteiger partial charge in [0.1, 0.15) is 18.7 Å². The van der Waals surface area contributed by atoms with Gasteiger partial charge in [0.15, 0.2) is 5.54 Å². The SMILES string of the molecule is COC(C)(C)c1cnc2c(c1)[C@]1(COC(N)=N1)c1cc(-c3cncnc3)ccc1O2. The number of benzene rings is 1. The molecule has 5 rings (SSSR count). The van der Waals surface area contributed by atoms with E-state index in [-0.39, 0.29) is 12.6 Å². The average Bonchev–Trinajstić information content (AvgIpc) is 3.16. The lowest BCUT2D eigenvalue weighted by atomic mass is 9.80. The number of pyridine rings is 1. The fourth-order valence-corrected chi connectivity index (χ4v) is 3.80. The monoisotopic (exact) mass is 403 g/mol. The second-order valence-electron chi connectivity index (χ2n) is 7.83. The van der Waals surface area contributed by atoms with Crippen LogP contribution in [-0.4, -0.2) is 34.7 Å². The Morgan fingerprint density at radius 2 is 1.87 bits per heavy atom. The van der Waals surface area contributed by atoms with Crippen LogP contribution >= 0.6 is 0 Å². The van der Waals surface area contributed by atoms with Crippen molar-refractivity contribution in [3.63, 3.8) is 0 Å². The van der Waals surface area contributed by atoms with Gasteiger partial charge in [0.05, 0.1) is 11.2 Å². The van der Waals surface area contributed by atoms with Gasteiger partial charge in [0.2, 0.25) is 5.88 Å². The van der Waals surface area contributed by atoms with Crippen molar-refractivity contribution >= 4 is 6.02 Å². The number of ether oxygens (including phenoxy) is 3. The first-order valence-electron chi connectivity index (χ1n) is 9.55. The van der Waals surface area contributed by atoms with E-state index in [0.717, 1.165) is 27.8 Å². The van der Waals surface area contributed by atoms with E-state index in [4.69, 9.17) is 24.9 Å². The van der Waals surface area contributed by atoms with E-state index >= 15 is 0 Å². The summed E-state index contributed by atoms with van der Waals surface area (Å²) in [5, 5.41) is 0. The molecule has 0 saturated heterocycles. The molecule has 0 fully saturated rings. The van der Waals surface area contributed by atoms with Crippen LogP contribution in [0.5, 0.6) is 11.6 Å². The van der Waals surface area contributed by atoms with E-state index < -0.39 is 11.1 Å². The van der Waals surface area contributed by atoms with Gasteiger partial charge < -0.3 is 19.9 Å². The topological polar surface area (TPSA) is 105 Å². The first kappa shape index (κ1) is 18.5. The van der Waals surface area contributed by atoms with Crippen LogP contribution in [0.2, 0.25) is 0 Å². The molecule has 1 atom stereocenters. The molecule has 8 heteroatoms. The van der Waals surface area contributed by atoms with Gasteiger partial charge >= 0.3 is 0 Å². The Morgan fingerprint density at radius 3 is 2.57 bits per heavy atom. The molecule has 0 bridgehead atoms. The van der Waals surface area contributed by atoms with Crippen LogP contribution in [0.4, 0.5) is 0 Å². The van der Waals surface area contributed by atoms with Gasteiger partial charge in [-0.15, -0.1) is 0 Å². The summed E-state index contributed by atoms with van der Waals surface area (Å²) in [6.45, 7) is 4.23. The van der Waals surface area contributed by atoms with Crippen molar-refractivity contribution < 1.29 is 14.2 Å². The smallest absolute Gasteiger partial charge is 0.283 e. The normalized spacial score (nSPS) is 19.5. The van der Waals surface area contributed by atoms with Crippen molar-refractivity contribution in [2.24, 2.45) is 10.7 Å². The zero-order valence-electron chi connectivity index (χ0n) is 16.9. The molecule has 30 heavy (non-hydrogen) atoms. The fourth-order valence-electron chi connectivity index (χ4n) is 3.80. The molecule has 1 aromatic carbocycles. The summed E-state index contributed by atoms with van der Waals surface area (Å²) in [6, 6.07) is 8.04. The van der Waals surface area contributed by atoms with E-state index in [2.05, 4.69) is 15.0 Å². The van der Waals surface area contributed by atoms with Crippen molar-refractivity contribution in [1.29, 1.82) is 0 Å². The molecule has 0 radical (unpaired) electrons. The van der Waals surface area contributed by atoms with Crippen LogP contribution in [0.3, 0.4) is 0 Å².